The van der Waals surface area contributed by atoms with E-state index in [-0.39, 0.29) is 18.8 Å². The van der Waals surface area contributed by atoms with Gasteiger partial charge < -0.3 is 5.11 Å². The lowest BCUT2D eigenvalue weighted by molar-refractivity contribution is -0.117. The number of carbonyl (C=O) groups is 1. The van der Waals surface area contributed by atoms with E-state index in [1.54, 1.807) is 0 Å². The molecule has 0 aliphatic rings. The van der Waals surface area contributed by atoms with Crippen molar-refractivity contribution in [3.63, 3.8) is 0 Å². The predicted molar refractivity (Wildman–Crippen MR) is 31.5 cm³/mol. The number of aliphatic hydroxyl groups excluding tert-OH is 1. The van der Waals surface area contributed by atoms with Crippen molar-refractivity contribution in [3.8, 4) is 6.07 Å². The molecule has 9 heavy (non-hydrogen) atoms. The van der Waals surface area contributed by atoms with Crippen molar-refractivity contribution in [3.05, 3.63) is 0 Å². The second-order valence-corrected chi connectivity index (χ2v) is 1.91. The Morgan fingerprint density at radius 2 is 2.44 bits per heavy atom. The maximum Gasteiger partial charge on any atom is 0.131 e. The van der Waals surface area contributed by atoms with Crippen LogP contribution >= 0.6 is 0 Å². The molecule has 1 unspecified atom stereocenters. The van der Waals surface area contributed by atoms with Gasteiger partial charge in [-0.1, -0.05) is 0 Å². The van der Waals surface area contributed by atoms with Gasteiger partial charge in [0.05, 0.1) is 18.6 Å². The molecule has 0 saturated carbocycles. The highest BCUT2D eigenvalue weighted by Crippen LogP contribution is 1.99. The van der Waals surface area contributed by atoms with Crippen LogP contribution in [0.4, 0.5) is 0 Å². The number of Topliss-reactive ketones (excluding diaryl/α,β-unsaturated/α-hetero) is 1. The number of hydrogen-bond acceptors (Lipinski definition) is 3. The minimum Gasteiger partial charge on any atom is -0.395 e. The molecule has 0 amide bonds. The molecular weight excluding hydrogens is 118 g/mol. The lowest BCUT2D eigenvalue weighted by Crippen LogP contribution is -2.07. The summed E-state index contributed by atoms with van der Waals surface area (Å²) in [6.45, 7) is 1.18. The molecule has 3 nitrogen and oxygen atoms in total. The summed E-state index contributed by atoms with van der Waals surface area (Å²) in [4.78, 5) is 10.3. The summed E-state index contributed by atoms with van der Waals surface area (Å²) >= 11 is 0. The summed E-state index contributed by atoms with van der Waals surface area (Å²) < 4.78 is 0. The van der Waals surface area contributed by atoms with Crippen LogP contribution in [0.25, 0.3) is 0 Å². The molecule has 0 bridgehead atoms. The molecule has 0 aromatic heterocycles. The Morgan fingerprint density at radius 3 is 2.56 bits per heavy atom. The maximum absolute atomic E-state index is 10.3. The average molecular weight is 127 g/mol. The maximum atomic E-state index is 10.3. The van der Waals surface area contributed by atoms with Gasteiger partial charge in [0.25, 0.3) is 0 Å². The Bertz CT molecular complexity index is 136. The number of nitriles is 1. The smallest absolute Gasteiger partial charge is 0.131 e. The molecule has 0 fully saturated rings. The predicted octanol–water partition coefficient (Wildman–Crippen LogP) is 0.0976. The molecule has 0 heterocycles. The van der Waals surface area contributed by atoms with Crippen molar-refractivity contribution < 1.29 is 9.90 Å². The van der Waals surface area contributed by atoms with Gasteiger partial charge >= 0.3 is 0 Å². The second kappa shape index (κ2) is 4.04. The second-order valence-electron chi connectivity index (χ2n) is 1.91. The first-order chi connectivity index (χ1) is 4.20. The molecule has 0 aromatic rings. The van der Waals surface area contributed by atoms with Gasteiger partial charge in [-0.3, -0.25) is 4.79 Å². The Labute approximate surface area is 53.9 Å². The van der Waals surface area contributed by atoms with E-state index in [1.165, 1.54) is 6.92 Å². The first-order valence-corrected chi connectivity index (χ1v) is 2.70. The fourth-order valence-electron chi connectivity index (χ4n) is 0.498. The SMILES string of the molecule is CC(=O)CC(C#N)CO. The van der Waals surface area contributed by atoms with Gasteiger partial charge in [-0.15, -0.1) is 0 Å². The monoisotopic (exact) mass is 127 g/mol. The number of carbonyl (C=O) groups excluding carboxylic acids is 1. The molecule has 0 spiro atoms. The number of nitrogens with zero attached hydrogens (tertiary/aromatic N) is 1. The molecule has 0 saturated heterocycles. The summed E-state index contributed by atoms with van der Waals surface area (Å²) in [5.74, 6) is -0.571. The molecule has 1 N–H and O–H groups in total. The minimum absolute atomic E-state index is 0.0596. The van der Waals surface area contributed by atoms with Gasteiger partial charge in [-0.05, 0) is 6.92 Å². The van der Waals surface area contributed by atoms with Crippen molar-refractivity contribution in [2.24, 2.45) is 5.92 Å². The first kappa shape index (κ1) is 8.12. The molecule has 0 aliphatic carbocycles. The summed E-state index contributed by atoms with van der Waals surface area (Å²) in [6, 6.07) is 1.81. The lowest BCUT2D eigenvalue weighted by atomic mass is 10.1. The van der Waals surface area contributed by atoms with Crippen LogP contribution in [0.3, 0.4) is 0 Å². The standard InChI is InChI=1S/C6H9NO2/c1-5(9)2-6(3-7)4-8/h6,8H,2,4H2,1H3. The van der Waals surface area contributed by atoms with Crippen LogP contribution in [0.2, 0.25) is 0 Å². The van der Waals surface area contributed by atoms with Crippen LogP contribution in [0.1, 0.15) is 13.3 Å². The van der Waals surface area contributed by atoms with Crippen molar-refractivity contribution in [2.45, 2.75) is 13.3 Å². The van der Waals surface area contributed by atoms with Crippen molar-refractivity contribution >= 4 is 5.78 Å². The highest BCUT2D eigenvalue weighted by atomic mass is 16.3. The quantitative estimate of drug-likeness (QED) is 0.584. The van der Waals surface area contributed by atoms with E-state index in [1.807, 2.05) is 6.07 Å². The zero-order valence-corrected chi connectivity index (χ0v) is 5.29. The molecular formula is C6H9NO2. The number of ketones is 1. The Hall–Kier alpha value is -0.880. The topological polar surface area (TPSA) is 61.1 Å². The molecule has 0 radical (unpaired) electrons. The summed E-state index contributed by atoms with van der Waals surface area (Å²) in [5.41, 5.74) is 0. The number of aliphatic hydroxyl groups is 1. The van der Waals surface area contributed by atoms with E-state index in [4.69, 9.17) is 10.4 Å². The molecule has 0 aromatic carbocycles. The zero-order valence-electron chi connectivity index (χ0n) is 5.29. The zero-order chi connectivity index (χ0) is 7.28. The minimum atomic E-state index is -0.512. The van der Waals surface area contributed by atoms with Gasteiger partial charge in [0.15, 0.2) is 0 Å². The van der Waals surface area contributed by atoms with Crippen LogP contribution < -0.4 is 0 Å². The van der Waals surface area contributed by atoms with Crippen molar-refractivity contribution in [1.82, 2.24) is 0 Å². The highest BCUT2D eigenvalue weighted by Gasteiger charge is 2.06. The fourth-order valence-corrected chi connectivity index (χ4v) is 0.498. The molecule has 0 rings (SSSR count). The van der Waals surface area contributed by atoms with E-state index in [2.05, 4.69) is 0 Å². The Morgan fingerprint density at radius 1 is 1.89 bits per heavy atom. The normalized spacial score (nSPS) is 12.1. The van der Waals surface area contributed by atoms with Crippen LogP contribution in [0, 0.1) is 17.2 Å². The van der Waals surface area contributed by atoms with Gasteiger partial charge in [-0.2, -0.15) is 5.26 Å². The van der Waals surface area contributed by atoms with Gasteiger partial charge in [-0.25, -0.2) is 0 Å². The summed E-state index contributed by atoms with van der Waals surface area (Å²) in [6.07, 6.45) is 0.160. The summed E-state index contributed by atoms with van der Waals surface area (Å²) in [7, 11) is 0. The van der Waals surface area contributed by atoms with E-state index in [0.29, 0.717) is 0 Å². The van der Waals surface area contributed by atoms with E-state index in [9.17, 15) is 4.79 Å². The molecule has 0 aliphatic heterocycles. The number of hydrogen-bond donors (Lipinski definition) is 1. The summed E-state index contributed by atoms with van der Waals surface area (Å²) in [5, 5.41) is 16.6. The van der Waals surface area contributed by atoms with E-state index < -0.39 is 5.92 Å². The van der Waals surface area contributed by atoms with E-state index in [0.717, 1.165) is 0 Å². The molecule has 3 heteroatoms. The van der Waals surface area contributed by atoms with Gasteiger partial charge in [0.1, 0.15) is 5.78 Å². The van der Waals surface area contributed by atoms with Crippen molar-refractivity contribution in [2.75, 3.05) is 6.61 Å². The Balaban J connectivity index is 3.60. The van der Waals surface area contributed by atoms with Crippen LogP contribution in [-0.2, 0) is 4.79 Å². The fraction of sp³-hybridized carbons (Fsp3) is 0.667. The third-order valence-electron chi connectivity index (χ3n) is 0.937. The van der Waals surface area contributed by atoms with Gasteiger partial charge in [0, 0.05) is 6.42 Å². The van der Waals surface area contributed by atoms with Crippen LogP contribution in [0.15, 0.2) is 0 Å². The lowest BCUT2D eigenvalue weighted by Gasteiger charge is -1.98. The third-order valence-corrected chi connectivity index (χ3v) is 0.937. The average Bonchev–Trinajstić information content (AvgIpc) is 1.82. The third kappa shape index (κ3) is 3.68. The number of rotatable bonds is 3. The Kier molecular flexibility index (Phi) is 3.65. The first-order valence-electron chi connectivity index (χ1n) is 2.70. The molecule has 1 atom stereocenters. The van der Waals surface area contributed by atoms with Crippen LogP contribution in [-0.4, -0.2) is 17.5 Å². The van der Waals surface area contributed by atoms with E-state index >= 15 is 0 Å². The highest BCUT2D eigenvalue weighted by molar-refractivity contribution is 5.76. The largest absolute Gasteiger partial charge is 0.395 e. The van der Waals surface area contributed by atoms with Gasteiger partial charge in [0.2, 0.25) is 0 Å². The molecule has 50 valence electrons. The van der Waals surface area contributed by atoms with Crippen LogP contribution in [0.5, 0.6) is 0 Å². The van der Waals surface area contributed by atoms with Crippen molar-refractivity contribution in [1.29, 1.82) is 5.26 Å².